The van der Waals surface area contributed by atoms with E-state index in [9.17, 15) is 60.9 Å². The summed E-state index contributed by atoms with van der Waals surface area (Å²) in [6.45, 7) is 11.7. The lowest BCUT2D eigenvalue weighted by Crippen LogP contribution is -2.65. The highest BCUT2D eigenvalue weighted by Gasteiger charge is 2.48. The number of fused-ring (bicyclic) bond motifs is 6. The third kappa shape index (κ3) is 12.3. The van der Waals surface area contributed by atoms with E-state index in [0.717, 1.165) is 52.3 Å². The van der Waals surface area contributed by atoms with Gasteiger partial charge in [-0.3, -0.25) is 13.9 Å². The van der Waals surface area contributed by atoms with Gasteiger partial charge in [0.05, 0.1) is 45.7 Å². The second-order valence-corrected chi connectivity index (χ2v) is 23.8. The predicted octanol–water partition coefficient (Wildman–Crippen LogP) is 5.97. The van der Waals surface area contributed by atoms with Crippen molar-refractivity contribution in [3.63, 3.8) is 0 Å². The molecule has 26 heteroatoms. The molecule has 0 bridgehead atoms. The zero-order valence-corrected chi connectivity index (χ0v) is 46.1. The number of ether oxygens (including phenoxy) is 1. The number of hydrogen-bond acceptors (Lipinski definition) is 18. The lowest BCUT2D eigenvalue weighted by atomic mass is 9.79. The van der Waals surface area contributed by atoms with Crippen LogP contribution >= 0.6 is 12.0 Å². The smallest absolute Gasteiger partial charge is 0.340 e. The molecular weight excluding hydrogens is 1080 g/mol. The Morgan fingerprint density at radius 3 is 2.28 bits per heavy atom. The van der Waals surface area contributed by atoms with Crippen LogP contribution in [0.15, 0.2) is 105 Å². The monoisotopic (exact) mass is 1140 g/mol. The Balaban J connectivity index is 1.10. The number of nitrogens with one attached hydrogen (secondary N) is 2. The number of urea groups is 1. The minimum absolute atomic E-state index is 0.0741. The molecule has 3 amide bonds. The summed E-state index contributed by atoms with van der Waals surface area (Å²) < 4.78 is 83.2. The maximum Gasteiger partial charge on any atom is 0.340 e. The van der Waals surface area contributed by atoms with Crippen LogP contribution in [0.4, 0.5) is 16.2 Å². The van der Waals surface area contributed by atoms with Gasteiger partial charge >= 0.3 is 6.03 Å². The third-order valence-electron chi connectivity index (χ3n) is 14.3. The van der Waals surface area contributed by atoms with Crippen LogP contribution in [0, 0.1) is 11.8 Å². The standard InChI is InChI=1S/C52H64N6O17S3/c1-7-22-56-36-27-39(76-75-74-66)32-20-18-31(77(67,68)69)26-35(32)45(36)51(3,4)41(56)14-10-8-11-15-42-52(5,6)44-34-25-30(2)17-19-33(34)40(78(70,71)72)28-37(44)57(42)23-13-9-12-16-43(60)53-21-24-58(55-65)50(64)54-46-48(62)47(61)38(29-59)73-49(46)63/h8,10-11,14-15,17-20,25-28,38,46-49,59,61-63H,7,9,12-13,16,21-24,29H2,1-6H3,(H4-,53,54,60,64,66,67,68,69,70,71,72)/p+1. The van der Waals surface area contributed by atoms with Gasteiger partial charge in [0.25, 0.3) is 20.2 Å². The number of aliphatic hydroxyl groups excluding tert-OH is 4. The van der Waals surface area contributed by atoms with Crippen LogP contribution < -0.4 is 15.5 Å². The van der Waals surface area contributed by atoms with Gasteiger partial charge in [-0.2, -0.15) is 26.4 Å². The van der Waals surface area contributed by atoms with Crippen LogP contribution in [0.1, 0.15) is 83.4 Å². The van der Waals surface area contributed by atoms with Gasteiger partial charge in [0.15, 0.2) is 12.0 Å². The molecule has 0 aromatic heterocycles. The summed E-state index contributed by atoms with van der Waals surface area (Å²) in [6.07, 6.45) is 5.34. The first-order chi connectivity index (χ1) is 36.8. The number of hydrogen-bond donors (Lipinski definition) is 9. The van der Waals surface area contributed by atoms with Crippen LogP contribution in [0.2, 0.25) is 0 Å². The zero-order chi connectivity index (χ0) is 57.1. The zero-order valence-electron chi connectivity index (χ0n) is 43.7. The lowest BCUT2D eigenvalue weighted by Gasteiger charge is -2.40. The Labute approximate surface area is 455 Å². The van der Waals surface area contributed by atoms with Crippen LogP contribution in [-0.4, -0.2) is 142 Å². The van der Waals surface area contributed by atoms with E-state index in [1.54, 1.807) is 18.2 Å². The summed E-state index contributed by atoms with van der Waals surface area (Å²) in [5.74, 6) is -0.385. The summed E-state index contributed by atoms with van der Waals surface area (Å²) in [6, 6.07) is 10.3. The number of carbonyl (C=O) groups excluding carboxylic acids is 2. The Hall–Kier alpha value is -5.72. The number of aryl methyl sites for hydroxylation is 1. The topological polar surface area (TPSA) is 335 Å². The Kier molecular flexibility index (Phi) is 18.7. The number of amides is 3. The van der Waals surface area contributed by atoms with Crippen molar-refractivity contribution in [2.24, 2.45) is 5.29 Å². The molecule has 3 heterocycles. The van der Waals surface area contributed by atoms with Gasteiger partial charge < -0.3 is 40.7 Å². The van der Waals surface area contributed by atoms with Crippen molar-refractivity contribution in [2.45, 2.75) is 130 Å². The van der Waals surface area contributed by atoms with Crippen LogP contribution in [0.3, 0.4) is 0 Å². The lowest BCUT2D eigenvalue weighted by molar-refractivity contribution is -0.437. The molecule has 9 N–H and O–H groups in total. The highest BCUT2D eigenvalue weighted by molar-refractivity contribution is 7.94. The second kappa shape index (κ2) is 24.3. The molecule has 3 aliphatic heterocycles. The summed E-state index contributed by atoms with van der Waals surface area (Å²) in [5.41, 5.74) is 4.22. The van der Waals surface area contributed by atoms with Gasteiger partial charge in [-0.1, -0.05) is 80.3 Å². The van der Waals surface area contributed by atoms with E-state index in [1.165, 1.54) is 18.2 Å². The first-order valence-electron chi connectivity index (χ1n) is 25.1. The van der Waals surface area contributed by atoms with Crippen molar-refractivity contribution in [3.05, 3.63) is 106 Å². The fourth-order valence-electron chi connectivity index (χ4n) is 10.7. The maximum absolute atomic E-state index is 13.0. The molecule has 4 aromatic carbocycles. The average molecular weight is 1140 g/mol. The van der Waals surface area contributed by atoms with E-state index in [2.05, 4.69) is 25.5 Å². The molecule has 4 aromatic rings. The molecule has 0 spiro atoms. The molecule has 422 valence electrons. The Morgan fingerprint density at radius 2 is 1.62 bits per heavy atom. The fourth-order valence-corrected chi connectivity index (χ4v) is 12.5. The molecule has 1 fully saturated rings. The fraction of sp³-hybridized carbons (Fsp3) is 0.442. The number of benzene rings is 4. The van der Waals surface area contributed by atoms with E-state index in [0.29, 0.717) is 69.5 Å². The van der Waals surface area contributed by atoms with Gasteiger partial charge in [-0.25, -0.2) is 10.1 Å². The molecule has 1 saturated heterocycles. The van der Waals surface area contributed by atoms with Gasteiger partial charge in [0, 0.05) is 65.8 Å². The molecule has 23 nitrogen and oxygen atoms in total. The largest absolute Gasteiger partial charge is 0.394 e. The Morgan fingerprint density at radius 1 is 0.897 bits per heavy atom. The highest BCUT2D eigenvalue weighted by atomic mass is 32.2. The maximum atomic E-state index is 13.0. The van der Waals surface area contributed by atoms with Crippen molar-refractivity contribution in [2.75, 3.05) is 37.7 Å². The van der Waals surface area contributed by atoms with Crippen molar-refractivity contribution in [1.82, 2.24) is 15.6 Å². The van der Waals surface area contributed by atoms with Crippen molar-refractivity contribution in [1.29, 1.82) is 0 Å². The molecule has 0 aliphatic carbocycles. The first kappa shape index (κ1) is 59.9. The number of aliphatic hydroxyl groups is 4. The SMILES string of the molecule is CCC[N+]1=C(/C=C/C=C/C=C2N(CCCCCC(=O)NCCN(N=O)C(=O)NC3C(O)OC(CO)C(O)C3O)c3cc(S(=O)(=O)O)c4ccc(C)cc4c3C2(C)C)C(C)(C)c2c1cc(SOOO)c1ccc(S(=O)(=O)O)cc21. The third-order valence-corrected chi connectivity index (χ3v) is 16.7. The van der Waals surface area contributed by atoms with E-state index >= 15 is 0 Å². The first-order valence-corrected chi connectivity index (χ1v) is 28.7. The van der Waals surface area contributed by atoms with Crippen molar-refractivity contribution >= 4 is 82.8 Å². The number of carbonyl (C=O) groups is 2. The van der Waals surface area contributed by atoms with Gasteiger partial charge in [0.1, 0.15) is 35.8 Å². The van der Waals surface area contributed by atoms with Gasteiger partial charge in [-0.15, -0.1) is 9.24 Å². The summed E-state index contributed by atoms with van der Waals surface area (Å²) in [4.78, 5) is 39.2. The van der Waals surface area contributed by atoms with E-state index in [-0.39, 0.29) is 35.2 Å². The van der Waals surface area contributed by atoms with Crippen molar-refractivity contribution in [3.8, 4) is 0 Å². The summed E-state index contributed by atoms with van der Waals surface area (Å²) in [5, 5.41) is 62.9. The number of unbranched alkanes of at least 4 members (excludes halogenated alkanes) is 2. The number of nitroso groups, excluding NO2 is 1. The number of anilines is 1. The summed E-state index contributed by atoms with van der Waals surface area (Å²) in [7, 11) is -9.26. The van der Waals surface area contributed by atoms with E-state index in [4.69, 9.17) is 14.3 Å². The Bertz CT molecular complexity index is 3330. The van der Waals surface area contributed by atoms with E-state index in [1.807, 2.05) is 89.0 Å². The molecule has 0 saturated carbocycles. The molecule has 7 rings (SSSR count). The van der Waals surface area contributed by atoms with Crippen LogP contribution in [-0.2, 0) is 50.0 Å². The minimum atomic E-state index is -4.69. The highest BCUT2D eigenvalue weighted by Crippen LogP contribution is 2.53. The molecule has 78 heavy (non-hydrogen) atoms. The van der Waals surface area contributed by atoms with Gasteiger partial charge in [-0.05, 0) is 79.6 Å². The molecule has 5 atom stereocenters. The molecular formula is C52H65N6O17S3+. The van der Waals surface area contributed by atoms with Gasteiger partial charge in [0.2, 0.25) is 11.6 Å². The normalized spacial score (nSPS) is 21.5. The second-order valence-electron chi connectivity index (χ2n) is 20.3. The average Bonchev–Trinajstić information content (AvgIpc) is 3.93. The molecule has 5 unspecified atom stereocenters. The van der Waals surface area contributed by atoms with Crippen LogP contribution in [0.25, 0.3) is 21.5 Å². The number of rotatable bonds is 22. The molecule has 3 aliphatic rings. The summed E-state index contributed by atoms with van der Waals surface area (Å²) >= 11 is 0.741. The molecule has 0 radical (unpaired) electrons. The predicted molar refractivity (Wildman–Crippen MR) is 289 cm³/mol. The van der Waals surface area contributed by atoms with Crippen LogP contribution in [0.5, 0.6) is 0 Å². The van der Waals surface area contributed by atoms with Crippen molar-refractivity contribution < 1.29 is 79.9 Å². The quantitative estimate of drug-likeness (QED) is 0.00639. The minimum Gasteiger partial charge on any atom is -0.394 e. The number of allylic oxidation sites excluding steroid dienone is 6. The van der Waals surface area contributed by atoms with E-state index < -0.39 is 74.3 Å². The number of nitrogens with zero attached hydrogens (tertiary/aromatic N) is 4.